The van der Waals surface area contributed by atoms with E-state index in [4.69, 9.17) is 4.74 Å². The summed E-state index contributed by atoms with van der Waals surface area (Å²) in [5.74, 6) is 0.238. The summed E-state index contributed by atoms with van der Waals surface area (Å²) in [6, 6.07) is 3.04. The Bertz CT molecular complexity index is 590. The Balaban J connectivity index is 2.52. The highest BCUT2D eigenvalue weighted by molar-refractivity contribution is 5.78. The average molecular weight is 377 g/mol. The van der Waals surface area contributed by atoms with Crippen LogP contribution in [-0.4, -0.2) is 35.4 Å². The molecule has 0 aliphatic rings. The quantitative estimate of drug-likeness (QED) is 0.578. The molecule has 1 aromatic heterocycles. The van der Waals surface area contributed by atoms with Crippen LogP contribution in [0.3, 0.4) is 0 Å². The van der Waals surface area contributed by atoms with Gasteiger partial charge in [-0.1, -0.05) is 33.8 Å². The molecule has 1 heterocycles. The van der Waals surface area contributed by atoms with Gasteiger partial charge in [0.1, 0.15) is 12.9 Å². The van der Waals surface area contributed by atoms with E-state index in [1.165, 1.54) is 0 Å². The van der Waals surface area contributed by atoms with Gasteiger partial charge in [0, 0.05) is 42.9 Å². The second-order valence-electron chi connectivity index (χ2n) is 7.43. The van der Waals surface area contributed by atoms with Crippen LogP contribution in [0.5, 0.6) is 0 Å². The van der Waals surface area contributed by atoms with Gasteiger partial charge in [-0.25, -0.2) is 4.79 Å². The molecular formula is C20H31N3O4. The van der Waals surface area contributed by atoms with Crippen molar-refractivity contribution >= 4 is 18.3 Å². The molecule has 0 radical (unpaired) electrons. The van der Waals surface area contributed by atoms with E-state index in [1.54, 1.807) is 18.5 Å². The van der Waals surface area contributed by atoms with Crippen molar-refractivity contribution in [3.8, 4) is 0 Å². The van der Waals surface area contributed by atoms with Gasteiger partial charge in [-0.05, 0) is 24.3 Å². The maximum absolute atomic E-state index is 12.4. The Morgan fingerprint density at radius 3 is 2.52 bits per heavy atom. The maximum Gasteiger partial charge on any atom is 0.407 e. The summed E-state index contributed by atoms with van der Waals surface area (Å²) >= 11 is 0. The van der Waals surface area contributed by atoms with Crippen molar-refractivity contribution in [3.05, 3.63) is 30.1 Å². The Labute approximate surface area is 161 Å². The summed E-state index contributed by atoms with van der Waals surface area (Å²) in [4.78, 5) is 39.2. The fourth-order valence-electron chi connectivity index (χ4n) is 2.66. The van der Waals surface area contributed by atoms with Crippen LogP contribution in [0.4, 0.5) is 4.79 Å². The molecule has 0 aliphatic carbocycles. The van der Waals surface area contributed by atoms with Gasteiger partial charge in [0.15, 0.2) is 0 Å². The topological polar surface area (TPSA) is 97.4 Å². The predicted molar refractivity (Wildman–Crippen MR) is 103 cm³/mol. The van der Waals surface area contributed by atoms with Gasteiger partial charge in [-0.3, -0.25) is 9.78 Å². The lowest BCUT2D eigenvalue weighted by atomic mass is 9.98. The molecule has 0 spiro atoms. The number of aromatic nitrogens is 1. The zero-order valence-corrected chi connectivity index (χ0v) is 16.6. The molecular weight excluding hydrogens is 346 g/mol. The fourth-order valence-corrected chi connectivity index (χ4v) is 2.66. The van der Waals surface area contributed by atoms with Gasteiger partial charge in [0.2, 0.25) is 5.91 Å². The molecule has 1 rings (SSSR count). The average Bonchev–Trinajstić information content (AvgIpc) is 2.59. The lowest BCUT2D eigenvalue weighted by molar-refractivity contribution is -0.122. The van der Waals surface area contributed by atoms with Crippen molar-refractivity contribution in [3.63, 3.8) is 0 Å². The number of carbonyl (C=O) groups excluding carboxylic acids is 3. The van der Waals surface area contributed by atoms with Crippen molar-refractivity contribution in [1.29, 1.82) is 0 Å². The van der Waals surface area contributed by atoms with Crippen molar-refractivity contribution in [2.24, 2.45) is 11.8 Å². The number of aldehydes is 1. The summed E-state index contributed by atoms with van der Waals surface area (Å²) in [5.41, 5.74) is 0.789. The van der Waals surface area contributed by atoms with E-state index in [-0.39, 0.29) is 43.4 Å². The van der Waals surface area contributed by atoms with Gasteiger partial charge >= 0.3 is 6.09 Å². The zero-order valence-electron chi connectivity index (χ0n) is 16.6. The van der Waals surface area contributed by atoms with E-state index in [9.17, 15) is 14.4 Å². The summed E-state index contributed by atoms with van der Waals surface area (Å²) in [7, 11) is 0. The van der Waals surface area contributed by atoms with E-state index < -0.39 is 6.09 Å². The minimum absolute atomic E-state index is 0.0521. The third-order valence-electron chi connectivity index (χ3n) is 4.11. The van der Waals surface area contributed by atoms with E-state index in [2.05, 4.69) is 15.6 Å². The Kier molecular flexibility index (Phi) is 10.1. The lowest BCUT2D eigenvalue weighted by Crippen LogP contribution is -2.44. The molecule has 2 amide bonds. The van der Waals surface area contributed by atoms with Gasteiger partial charge in [-0.15, -0.1) is 0 Å². The predicted octanol–water partition coefficient (Wildman–Crippen LogP) is 2.84. The minimum Gasteiger partial charge on any atom is -0.445 e. The molecule has 0 saturated carbocycles. The first-order valence-electron chi connectivity index (χ1n) is 9.37. The van der Waals surface area contributed by atoms with E-state index in [0.717, 1.165) is 18.3 Å². The molecule has 2 atom stereocenters. The van der Waals surface area contributed by atoms with Crippen LogP contribution in [0.1, 0.15) is 52.5 Å². The van der Waals surface area contributed by atoms with E-state index in [1.807, 2.05) is 33.8 Å². The number of nitrogens with zero attached hydrogens (tertiary/aromatic N) is 1. The first-order valence-corrected chi connectivity index (χ1v) is 9.37. The molecule has 150 valence electrons. The standard InChI is InChI=1S/C20H31N3O4/c1-14(2)10-17(7-9-24)22-19(25)11-18(15(3)4)23-20(26)27-13-16-6-5-8-21-12-16/h5-6,8-9,12,14-15,17-18H,7,10-11,13H2,1-4H3,(H,22,25)(H,23,26)/t17-,18+/m1/s1. The minimum atomic E-state index is -0.572. The van der Waals surface area contributed by atoms with Gasteiger partial charge < -0.3 is 20.2 Å². The van der Waals surface area contributed by atoms with Crippen molar-refractivity contribution in [2.45, 2.75) is 65.6 Å². The number of hydrogen-bond donors (Lipinski definition) is 2. The van der Waals surface area contributed by atoms with Gasteiger partial charge in [0.25, 0.3) is 0 Å². The monoisotopic (exact) mass is 377 g/mol. The molecule has 0 unspecified atom stereocenters. The number of alkyl carbamates (subject to hydrolysis) is 1. The first-order chi connectivity index (χ1) is 12.8. The maximum atomic E-state index is 12.4. The summed E-state index contributed by atoms with van der Waals surface area (Å²) in [6.45, 7) is 8.06. The van der Waals surface area contributed by atoms with Crippen LogP contribution in [0.25, 0.3) is 0 Å². The van der Waals surface area contributed by atoms with Crippen LogP contribution in [0.15, 0.2) is 24.5 Å². The number of hydrogen-bond acceptors (Lipinski definition) is 5. The molecule has 1 aromatic rings. The van der Waals surface area contributed by atoms with Crippen molar-refractivity contribution in [1.82, 2.24) is 15.6 Å². The van der Waals surface area contributed by atoms with Crippen LogP contribution < -0.4 is 10.6 Å². The Hall–Kier alpha value is -2.44. The SMILES string of the molecule is CC(C)C[C@@H](CC=O)NC(=O)C[C@H](NC(=O)OCc1cccnc1)C(C)C. The summed E-state index contributed by atoms with van der Waals surface area (Å²) in [5, 5.41) is 5.65. The molecule has 0 saturated heterocycles. The smallest absolute Gasteiger partial charge is 0.407 e. The summed E-state index contributed by atoms with van der Waals surface area (Å²) in [6.07, 6.45) is 4.68. The molecule has 0 fully saturated rings. The third kappa shape index (κ3) is 9.72. The fraction of sp³-hybridized carbons (Fsp3) is 0.600. The Morgan fingerprint density at radius 1 is 1.22 bits per heavy atom. The van der Waals surface area contributed by atoms with Gasteiger partial charge in [0.05, 0.1) is 0 Å². The van der Waals surface area contributed by atoms with Crippen LogP contribution in [0.2, 0.25) is 0 Å². The van der Waals surface area contributed by atoms with Crippen LogP contribution in [0, 0.1) is 11.8 Å². The zero-order chi connectivity index (χ0) is 20.2. The highest BCUT2D eigenvalue weighted by Gasteiger charge is 2.22. The number of nitrogens with one attached hydrogen (secondary N) is 2. The highest BCUT2D eigenvalue weighted by atomic mass is 16.5. The molecule has 7 nitrogen and oxygen atoms in total. The molecule has 0 bridgehead atoms. The van der Waals surface area contributed by atoms with Crippen LogP contribution in [-0.2, 0) is 20.9 Å². The second kappa shape index (κ2) is 12.0. The normalized spacial score (nSPS) is 13.1. The van der Waals surface area contributed by atoms with E-state index in [0.29, 0.717) is 5.92 Å². The molecule has 27 heavy (non-hydrogen) atoms. The lowest BCUT2D eigenvalue weighted by Gasteiger charge is -2.24. The largest absolute Gasteiger partial charge is 0.445 e. The van der Waals surface area contributed by atoms with E-state index >= 15 is 0 Å². The van der Waals surface area contributed by atoms with Gasteiger partial charge in [-0.2, -0.15) is 0 Å². The molecule has 7 heteroatoms. The van der Waals surface area contributed by atoms with Crippen LogP contribution >= 0.6 is 0 Å². The summed E-state index contributed by atoms with van der Waals surface area (Å²) < 4.78 is 5.19. The third-order valence-corrected chi connectivity index (χ3v) is 4.11. The highest BCUT2D eigenvalue weighted by Crippen LogP contribution is 2.10. The number of rotatable bonds is 11. The van der Waals surface area contributed by atoms with Crippen molar-refractivity contribution < 1.29 is 19.1 Å². The number of ether oxygens (including phenoxy) is 1. The number of amides is 2. The molecule has 2 N–H and O–H groups in total. The second-order valence-corrected chi connectivity index (χ2v) is 7.43. The Morgan fingerprint density at radius 2 is 1.96 bits per heavy atom. The molecule has 0 aliphatic heterocycles. The molecule has 0 aromatic carbocycles. The van der Waals surface area contributed by atoms with Crippen molar-refractivity contribution in [2.75, 3.05) is 0 Å². The first kappa shape index (κ1) is 22.6. The number of carbonyl (C=O) groups is 3. The number of pyridine rings is 1.